The van der Waals surface area contributed by atoms with Crippen molar-refractivity contribution < 1.29 is 0 Å². The van der Waals surface area contributed by atoms with Crippen molar-refractivity contribution in [2.45, 2.75) is 58.3 Å². The van der Waals surface area contributed by atoms with Crippen molar-refractivity contribution in [1.82, 2.24) is 0 Å². The number of unbranched alkanes of at least 4 members (excludes halogenated alkanes) is 3. The molecule has 0 radical (unpaired) electrons. The van der Waals surface area contributed by atoms with Crippen LogP contribution in [-0.4, -0.2) is 0 Å². The maximum Gasteiger partial charge on any atom is 0.00187 e. The number of hydrogen-bond donors (Lipinski definition) is 0. The van der Waals surface area contributed by atoms with Gasteiger partial charge in [-0.3, -0.25) is 0 Å². The minimum absolute atomic E-state index is 0.668. The highest BCUT2D eigenvalue weighted by Crippen LogP contribution is 2.42. The molecular weight excluding hydrogens is 240 g/mol. The lowest BCUT2D eigenvalue weighted by Crippen LogP contribution is -2.24. The molecule has 0 saturated heterocycles. The molecule has 3 atom stereocenters. The van der Waals surface area contributed by atoms with Crippen LogP contribution < -0.4 is 0 Å². The molecule has 3 rings (SSSR count). The van der Waals surface area contributed by atoms with E-state index in [9.17, 15) is 0 Å². The molecule has 0 saturated carbocycles. The molecule has 3 aliphatic rings. The fourth-order valence-corrected chi connectivity index (χ4v) is 4.00. The third-order valence-corrected chi connectivity index (χ3v) is 5.25. The highest BCUT2D eigenvalue weighted by Gasteiger charge is 2.30. The molecule has 0 aromatic heterocycles. The largest absolute Gasteiger partial charge is 0.0805 e. The van der Waals surface area contributed by atoms with Crippen molar-refractivity contribution in [3.63, 3.8) is 0 Å². The number of fused-ring (bicyclic) bond motifs is 2. The summed E-state index contributed by atoms with van der Waals surface area (Å²) in [4.78, 5) is 0. The molecule has 0 aromatic rings. The fourth-order valence-electron chi connectivity index (χ4n) is 4.00. The molecule has 0 N–H and O–H groups in total. The van der Waals surface area contributed by atoms with Gasteiger partial charge in [-0.1, -0.05) is 68.2 Å². The van der Waals surface area contributed by atoms with Crippen molar-refractivity contribution >= 4 is 0 Å². The molecule has 0 nitrogen and oxygen atoms in total. The maximum atomic E-state index is 2.56. The minimum Gasteiger partial charge on any atom is -0.0805 e. The van der Waals surface area contributed by atoms with Gasteiger partial charge in [-0.25, -0.2) is 0 Å². The molecule has 3 aliphatic carbocycles. The van der Waals surface area contributed by atoms with E-state index in [-0.39, 0.29) is 0 Å². The lowest BCUT2D eigenvalue weighted by atomic mass is 9.69. The van der Waals surface area contributed by atoms with Crippen LogP contribution in [0.2, 0.25) is 0 Å². The monoisotopic (exact) mass is 268 g/mol. The zero-order chi connectivity index (χ0) is 13.8. The summed E-state index contributed by atoms with van der Waals surface area (Å²) in [5, 5.41) is 0. The van der Waals surface area contributed by atoms with Gasteiger partial charge in [0.25, 0.3) is 0 Å². The van der Waals surface area contributed by atoms with E-state index in [2.05, 4.69) is 43.4 Å². The molecule has 108 valence electrons. The van der Waals surface area contributed by atoms with Crippen LogP contribution in [-0.2, 0) is 0 Å². The van der Waals surface area contributed by atoms with Gasteiger partial charge in [-0.2, -0.15) is 0 Å². The Balaban J connectivity index is 1.64. The third kappa shape index (κ3) is 3.16. The quantitative estimate of drug-likeness (QED) is 0.538. The molecule has 0 heterocycles. The normalized spacial score (nSPS) is 31.4. The fraction of sp³-hybridized carbons (Fsp3) is 0.600. The minimum atomic E-state index is 0.668. The summed E-state index contributed by atoms with van der Waals surface area (Å²) in [5.41, 5.74) is 3.38. The van der Waals surface area contributed by atoms with Crippen LogP contribution in [0.4, 0.5) is 0 Å². The summed E-state index contributed by atoms with van der Waals surface area (Å²) in [7, 11) is 0. The average molecular weight is 268 g/mol. The Labute approximate surface area is 124 Å². The smallest absolute Gasteiger partial charge is 0.00187 e. The molecule has 0 fully saturated rings. The molecule has 0 bridgehead atoms. The van der Waals surface area contributed by atoms with E-state index < -0.39 is 0 Å². The topological polar surface area (TPSA) is 0 Å². The molecule has 0 amide bonds. The molecule has 20 heavy (non-hydrogen) atoms. The summed E-state index contributed by atoms with van der Waals surface area (Å²) in [6, 6.07) is 0. The highest BCUT2D eigenvalue weighted by atomic mass is 14.3. The second-order valence-electron chi connectivity index (χ2n) is 6.76. The van der Waals surface area contributed by atoms with E-state index in [1.807, 2.05) is 0 Å². The van der Waals surface area contributed by atoms with E-state index in [0.717, 1.165) is 11.8 Å². The summed E-state index contributed by atoms with van der Waals surface area (Å²) in [6.45, 7) is 2.29. The lowest BCUT2D eigenvalue weighted by Gasteiger charge is -2.36. The van der Waals surface area contributed by atoms with Crippen molar-refractivity contribution in [2.24, 2.45) is 17.8 Å². The van der Waals surface area contributed by atoms with Crippen molar-refractivity contribution in [3.05, 3.63) is 47.6 Å². The van der Waals surface area contributed by atoms with Gasteiger partial charge in [-0.15, -0.1) is 0 Å². The molecule has 0 aromatic carbocycles. The Hall–Kier alpha value is -1.04. The van der Waals surface area contributed by atoms with Gasteiger partial charge < -0.3 is 0 Å². The Morgan fingerprint density at radius 1 is 1.10 bits per heavy atom. The number of rotatable bonds is 5. The number of hydrogen-bond acceptors (Lipinski definition) is 0. The first-order valence-electron chi connectivity index (χ1n) is 8.63. The standard InChI is InChI=1S/C20H28/c1-2-3-4-5-8-16-11-12-19-14-17-9-6-7-10-18(17)15-20(19)13-16/h6-7,9-10,13,15,17-19H,2-5,8,11-12,14H2,1H3. The summed E-state index contributed by atoms with van der Waals surface area (Å²) < 4.78 is 0. The second kappa shape index (κ2) is 6.61. The van der Waals surface area contributed by atoms with Gasteiger partial charge >= 0.3 is 0 Å². The zero-order valence-corrected chi connectivity index (χ0v) is 12.9. The highest BCUT2D eigenvalue weighted by molar-refractivity contribution is 5.35. The van der Waals surface area contributed by atoms with E-state index in [1.54, 1.807) is 11.1 Å². The van der Waals surface area contributed by atoms with Crippen LogP contribution in [0.15, 0.2) is 47.6 Å². The van der Waals surface area contributed by atoms with Crippen molar-refractivity contribution in [1.29, 1.82) is 0 Å². The van der Waals surface area contributed by atoms with Crippen LogP contribution in [0.5, 0.6) is 0 Å². The van der Waals surface area contributed by atoms with E-state index in [4.69, 9.17) is 0 Å². The first-order valence-corrected chi connectivity index (χ1v) is 8.63. The number of allylic oxidation sites excluding steroid dienone is 8. The first kappa shape index (κ1) is 13.9. The van der Waals surface area contributed by atoms with Crippen molar-refractivity contribution in [3.8, 4) is 0 Å². The van der Waals surface area contributed by atoms with E-state index in [0.29, 0.717) is 5.92 Å². The van der Waals surface area contributed by atoms with Crippen LogP contribution in [0, 0.1) is 17.8 Å². The maximum absolute atomic E-state index is 2.56. The van der Waals surface area contributed by atoms with Crippen molar-refractivity contribution in [2.75, 3.05) is 0 Å². The SMILES string of the molecule is CCCCCCC1=CC2=CC3C=CC=CC3CC2CC1. The van der Waals surface area contributed by atoms with Gasteiger partial charge in [0.1, 0.15) is 0 Å². The van der Waals surface area contributed by atoms with Crippen LogP contribution >= 0.6 is 0 Å². The van der Waals surface area contributed by atoms with Gasteiger partial charge in [0.2, 0.25) is 0 Å². The van der Waals surface area contributed by atoms with E-state index >= 15 is 0 Å². The first-order chi connectivity index (χ1) is 9.86. The van der Waals surface area contributed by atoms with Crippen LogP contribution in [0.1, 0.15) is 58.3 Å². The Kier molecular flexibility index (Phi) is 4.60. The molecule has 3 unspecified atom stereocenters. The summed E-state index contributed by atoms with van der Waals surface area (Å²) >= 11 is 0. The average Bonchev–Trinajstić information content (AvgIpc) is 2.49. The van der Waals surface area contributed by atoms with E-state index in [1.165, 1.54) is 51.4 Å². The second-order valence-corrected chi connectivity index (χ2v) is 6.76. The molecule has 0 spiro atoms. The summed E-state index contributed by atoms with van der Waals surface area (Å²) in [6.07, 6.45) is 25.4. The molecule has 0 aliphatic heterocycles. The lowest BCUT2D eigenvalue weighted by molar-refractivity contribution is 0.370. The van der Waals surface area contributed by atoms with Gasteiger partial charge in [0.15, 0.2) is 0 Å². The Bertz CT molecular complexity index is 447. The molecular formula is C20H28. The zero-order valence-electron chi connectivity index (χ0n) is 12.9. The Morgan fingerprint density at radius 3 is 2.90 bits per heavy atom. The van der Waals surface area contributed by atoms with Gasteiger partial charge in [-0.05, 0) is 49.5 Å². The predicted octanol–water partition coefficient (Wildman–Crippen LogP) is 5.98. The Morgan fingerprint density at radius 2 is 2.00 bits per heavy atom. The third-order valence-electron chi connectivity index (χ3n) is 5.25. The van der Waals surface area contributed by atoms with Gasteiger partial charge in [0.05, 0.1) is 0 Å². The van der Waals surface area contributed by atoms with Crippen LogP contribution in [0.25, 0.3) is 0 Å². The van der Waals surface area contributed by atoms with Crippen LogP contribution in [0.3, 0.4) is 0 Å². The summed E-state index contributed by atoms with van der Waals surface area (Å²) in [5.74, 6) is 2.28. The molecule has 0 heteroatoms. The van der Waals surface area contributed by atoms with Gasteiger partial charge in [0, 0.05) is 5.92 Å². The predicted molar refractivity (Wildman–Crippen MR) is 87.5 cm³/mol.